The molecule has 1 aromatic carbocycles. The number of ketones is 1. The molecule has 1 aromatic rings. The van der Waals surface area contributed by atoms with Crippen molar-refractivity contribution in [2.45, 2.75) is 19.9 Å². The van der Waals surface area contributed by atoms with Crippen LogP contribution in [0.5, 0.6) is 0 Å². The van der Waals surface area contributed by atoms with Gasteiger partial charge < -0.3 is 5.73 Å². The predicted octanol–water partition coefficient (Wildman–Crippen LogP) is 1.66. The van der Waals surface area contributed by atoms with E-state index in [4.69, 9.17) is 5.73 Å². The summed E-state index contributed by atoms with van der Waals surface area (Å²) in [7, 11) is 0. The summed E-state index contributed by atoms with van der Waals surface area (Å²) in [6.45, 7) is 3.23. The third-order valence-electron chi connectivity index (χ3n) is 1.86. The van der Waals surface area contributed by atoms with Gasteiger partial charge in [-0.25, -0.2) is 4.39 Å². The molecule has 0 heterocycles. The van der Waals surface area contributed by atoms with Crippen molar-refractivity contribution in [1.29, 1.82) is 0 Å². The van der Waals surface area contributed by atoms with Crippen LogP contribution in [0.2, 0.25) is 0 Å². The molecule has 70 valence electrons. The lowest BCUT2D eigenvalue weighted by Gasteiger charge is -2.05. The Balaban J connectivity index is 3.04. The van der Waals surface area contributed by atoms with Gasteiger partial charge in [0, 0.05) is 5.56 Å². The highest BCUT2D eigenvalue weighted by Gasteiger charge is 2.11. The molecule has 2 N–H and O–H groups in total. The maximum absolute atomic E-state index is 12.8. The fourth-order valence-electron chi connectivity index (χ4n) is 1.06. The molecular weight excluding hydrogens is 169 g/mol. The Morgan fingerprint density at radius 3 is 2.62 bits per heavy atom. The predicted molar refractivity (Wildman–Crippen MR) is 49.1 cm³/mol. The Kier molecular flexibility index (Phi) is 2.78. The monoisotopic (exact) mass is 181 g/mol. The molecule has 0 bridgehead atoms. The quantitative estimate of drug-likeness (QED) is 0.705. The third kappa shape index (κ3) is 2.12. The Bertz CT molecular complexity index is 334. The van der Waals surface area contributed by atoms with E-state index in [0.29, 0.717) is 11.1 Å². The first-order valence-corrected chi connectivity index (χ1v) is 4.08. The van der Waals surface area contributed by atoms with E-state index < -0.39 is 6.04 Å². The summed E-state index contributed by atoms with van der Waals surface area (Å²) in [5.74, 6) is -0.468. The molecule has 1 atom stereocenters. The molecule has 0 aliphatic rings. The number of aryl methyl sites for hydroxylation is 1. The van der Waals surface area contributed by atoms with Crippen LogP contribution in [0.15, 0.2) is 18.2 Å². The molecule has 1 rings (SSSR count). The molecule has 0 amide bonds. The van der Waals surface area contributed by atoms with E-state index >= 15 is 0 Å². The van der Waals surface area contributed by atoms with Crippen LogP contribution in [0, 0.1) is 12.7 Å². The highest BCUT2D eigenvalue weighted by Crippen LogP contribution is 2.10. The lowest BCUT2D eigenvalue weighted by atomic mass is 10.0. The highest BCUT2D eigenvalue weighted by molar-refractivity contribution is 5.99. The zero-order valence-electron chi connectivity index (χ0n) is 7.67. The first kappa shape index (κ1) is 9.86. The van der Waals surface area contributed by atoms with Crippen molar-refractivity contribution >= 4 is 5.78 Å². The molecule has 3 heteroatoms. The van der Waals surface area contributed by atoms with Gasteiger partial charge in [0.05, 0.1) is 6.04 Å². The van der Waals surface area contributed by atoms with Gasteiger partial charge in [-0.1, -0.05) is 0 Å². The minimum Gasteiger partial charge on any atom is -0.321 e. The summed E-state index contributed by atoms with van der Waals surface area (Å²) in [4.78, 5) is 11.4. The van der Waals surface area contributed by atoms with Crippen molar-refractivity contribution in [1.82, 2.24) is 0 Å². The lowest BCUT2D eigenvalue weighted by molar-refractivity contribution is 0.0968. The van der Waals surface area contributed by atoms with Crippen LogP contribution in [0.3, 0.4) is 0 Å². The Hall–Kier alpha value is -1.22. The molecule has 0 fully saturated rings. The average molecular weight is 181 g/mol. The minimum atomic E-state index is -0.537. The van der Waals surface area contributed by atoms with Crippen molar-refractivity contribution in [3.05, 3.63) is 35.1 Å². The van der Waals surface area contributed by atoms with Gasteiger partial charge in [0.1, 0.15) is 5.82 Å². The lowest BCUT2D eigenvalue weighted by Crippen LogP contribution is -2.26. The largest absolute Gasteiger partial charge is 0.321 e. The van der Waals surface area contributed by atoms with Crippen LogP contribution >= 0.6 is 0 Å². The number of hydrogen-bond acceptors (Lipinski definition) is 2. The summed E-state index contributed by atoms with van der Waals surface area (Å²) in [6, 6.07) is 3.71. The van der Waals surface area contributed by atoms with Crippen molar-refractivity contribution in [2.24, 2.45) is 5.73 Å². The molecule has 2 nitrogen and oxygen atoms in total. The third-order valence-corrected chi connectivity index (χ3v) is 1.86. The second-order valence-corrected chi connectivity index (χ2v) is 3.12. The molecule has 1 unspecified atom stereocenters. The summed E-state index contributed by atoms with van der Waals surface area (Å²) >= 11 is 0. The van der Waals surface area contributed by atoms with Crippen LogP contribution in [-0.2, 0) is 0 Å². The molecule has 0 saturated heterocycles. The number of carbonyl (C=O) groups excluding carboxylic acids is 1. The van der Waals surface area contributed by atoms with E-state index in [2.05, 4.69) is 0 Å². The number of nitrogens with two attached hydrogens (primary N) is 1. The van der Waals surface area contributed by atoms with Gasteiger partial charge in [-0.2, -0.15) is 0 Å². The van der Waals surface area contributed by atoms with Crippen LogP contribution in [0.25, 0.3) is 0 Å². The number of rotatable bonds is 2. The maximum atomic E-state index is 12.8. The van der Waals surface area contributed by atoms with Gasteiger partial charge in [0.2, 0.25) is 0 Å². The average Bonchev–Trinajstić information content (AvgIpc) is 2.08. The Morgan fingerprint density at radius 1 is 1.54 bits per heavy atom. The fraction of sp³-hybridized carbons (Fsp3) is 0.300. The van der Waals surface area contributed by atoms with E-state index in [0.717, 1.165) is 0 Å². The number of hydrogen-bond donors (Lipinski definition) is 1. The van der Waals surface area contributed by atoms with Crippen LogP contribution in [0.4, 0.5) is 4.39 Å². The first-order chi connectivity index (χ1) is 6.02. The Morgan fingerprint density at radius 2 is 2.15 bits per heavy atom. The summed E-state index contributed by atoms with van der Waals surface area (Å²) in [6.07, 6.45) is 0. The SMILES string of the molecule is Cc1cc(C(=O)C(C)N)ccc1F. The molecule has 0 aromatic heterocycles. The number of carbonyl (C=O) groups is 1. The van der Waals surface area contributed by atoms with Crippen molar-refractivity contribution in [3.63, 3.8) is 0 Å². The van der Waals surface area contributed by atoms with Crippen LogP contribution < -0.4 is 5.73 Å². The fourth-order valence-corrected chi connectivity index (χ4v) is 1.06. The summed E-state index contributed by atoms with van der Waals surface area (Å²) in [5, 5.41) is 0. The first-order valence-electron chi connectivity index (χ1n) is 4.08. The van der Waals surface area contributed by atoms with Crippen molar-refractivity contribution in [3.8, 4) is 0 Å². The van der Waals surface area contributed by atoms with Gasteiger partial charge in [-0.3, -0.25) is 4.79 Å². The van der Waals surface area contributed by atoms with E-state index in [9.17, 15) is 9.18 Å². The summed E-state index contributed by atoms with van der Waals surface area (Å²) in [5.41, 5.74) is 6.34. The maximum Gasteiger partial charge on any atom is 0.179 e. The van der Waals surface area contributed by atoms with Crippen LogP contribution in [-0.4, -0.2) is 11.8 Å². The molecule has 0 spiro atoms. The molecule has 0 aliphatic heterocycles. The number of halogens is 1. The molecular formula is C10H12FNO. The number of benzene rings is 1. The van der Waals surface area contributed by atoms with E-state index in [-0.39, 0.29) is 11.6 Å². The van der Waals surface area contributed by atoms with Gasteiger partial charge in [0.25, 0.3) is 0 Å². The van der Waals surface area contributed by atoms with Gasteiger partial charge in [0.15, 0.2) is 5.78 Å². The van der Waals surface area contributed by atoms with Gasteiger partial charge in [-0.05, 0) is 37.6 Å². The van der Waals surface area contributed by atoms with E-state index in [1.54, 1.807) is 13.8 Å². The second kappa shape index (κ2) is 3.66. The van der Waals surface area contributed by atoms with E-state index in [1.807, 2.05) is 0 Å². The topological polar surface area (TPSA) is 43.1 Å². The van der Waals surface area contributed by atoms with Crippen LogP contribution in [0.1, 0.15) is 22.8 Å². The van der Waals surface area contributed by atoms with E-state index in [1.165, 1.54) is 18.2 Å². The normalized spacial score (nSPS) is 12.6. The van der Waals surface area contributed by atoms with Crippen molar-refractivity contribution < 1.29 is 9.18 Å². The zero-order chi connectivity index (χ0) is 10.0. The minimum absolute atomic E-state index is 0.164. The Labute approximate surface area is 76.6 Å². The molecule has 0 radical (unpaired) electrons. The molecule has 0 saturated carbocycles. The molecule has 13 heavy (non-hydrogen) atoms. The zero-order valence-corrected chi connectivity index (χ0v) is 7.67. The van der Waals surface area contributed by atoms with Gasteiger partial charge in [-0.15, -0.1) is 0 Å². The highest BCUT2D eigenvalue weighted by atomic mass is 19.1. The second-order valence-electron chi connectivity index (χ2n) is 3.12. The number of Topliss-reactive ketones (excluding diaryl/α,β-unsaturated/α-hetero) is 1. The van der Waals surface area contributed by atoms with Crippen molar-refractivity contribution in [2.75, 3.05) is 0 Å². The smallest absolute Gasteiger partial charge is 0.179 e. The summed E-state index contributed by atoms with van der Waals surface area (Å²) < 4.78 is 12.8. The standard InChI is InChI=1S/C10H12FNO/c1-6-5-8(3-4-9(6)11)10(13)7(2)12/h3-5,7H,12H2,1-2H3. The molecule has 0 aliphatic carbocycles. The van der Waals surface area contributed by atoms with Gasteiger partial charge >= 0.3 is 0 Å².